The van der Waals surface area contributed by atoms with E-state index in [2.05, 4.69) is 0 Å². The fourth-order valence-electron chi connectivity index (χ4n) is 2.50. The zero-order valence-electron chi connectivity index (χ0n) is 13.3. The van der Waals surface area contributed by atoms with Gasteiger partial charge in [0.25, 0.3) is 0 Å². The zero-order chi connectivity index (χ0) is 15.2. The molecule has 1 saturated heterocycles. The second kappa shape index (κ2) is 7.62. The molecule has 0 saturated carbocycles. The lowest BCUT2D eigenvalue weighted by Crippen LogP contribution is -2.53. The van der Waals surface area contributed by atoms with Gasteiger partial charge in [-0.1, -0.05) is 13.8 Å². The van der Waals surface area contributed by atoms with Crippen LogP contribution in [-0.2, 0) is 14.3 Å². The Bertz CT molecular complexity index is 330. The molecule has 116 valence electrons. The minimum atomic E-state index is -0.984. The first kappa shape index (κ1) is 17.0. The monoisotopic (exact) mass is 284 g/mol. The van der Waals surface area contributed by atoms with E-state index in [4.69, 9.17) is 4.74 Å². The normalized spacial score (nSPS) is 16.1. The number of hydrogen-bond acceptors (Lipinski definition) is 3. The lowest BCUT2D eigenvalue weighted by molar-refractivity contribution is -0.156. The third-order valence-electron chi connectivity index (χ3n) is 3.64. The maximum Gasteiger partial charge on any atom is 0.237 e. The molecule has 1 aliphatic rings. The number of nitrogens with zero attached hydrogens (tertiary/aromatic N) is 2. The van der Waals surface area contributed by atoms with Crippen molar-refractivity contribution in [3.8, 4) is 0 Å². The number of carbonyl (C=O) groups is 2. The average Bonchev–Trinajstić information content (AvgIpc) is 2.46. The fourth-order valence-corrected chi connectivity index (χ4v) is 2.50. The highest BCUT2D eigenvalue weighted by Gasteiger charge is 2.41. The topological polar surface area (TPSA) is 49.9 Å². The summed E-state index contributed by atoms with van der Waals surface area (Å²) in [4.78, 5) is 28.8. The van der Waals surface area contributed by atoms with Gasteiger partial charge in [-0.15, -0.1) is 0 Å². The van der Waals surface area contributed by atoms with Gasteiger partial charge in [0.15, 0.2) is 0 Å². The van der Waals surface area contributed by atoms with Crippen molar-refractivity contribution in [2.45, 2.75) is 40.5 Å². The predicted octanol–water partition coefficient (Wildman–Crippen LogP) is 1.52. The molecule has 0 aromatic heterocycles. The Kier molecular flexibility index (Phi) is 6.46. The van der Waals surface area contributed by atoms with Crippen LogP contribution in [0.2, 0.25) is 0 Å². The molecule has 0 aromatic carbocycles. The van der Waals surface area contributed by atoms with Gasteiger partial charge in [0.1, 0.15) is 5.41 Å². The summed E-state index contributed by atoms with van der Waals surface area (Å²) in [6.07, 6.45) is 1.82. The highest BCUT2D eigenvalue weighted by Crippen LogP contribution is 2.23. The molecule has 1 rings (SSSR count). The van der Waals surface area contributed by atoms with Gasteiger partial charge in [-0.3, -0.25) is 9.59 Å². The van der Waals surface area contributed by atoms with Crippen molar-refractivity contribution in [2.24, 2.45) is 5.41 Å². The van der Waals surface area contributed by atoms with Crippen LogP contribution < -0.4 is 0 Å². The molecule has 20 heavy (non-hydrogen) atoms. The number of hydrogen-bond donors (Lipinski definition) is 0. The van der Waals surface area contributed by atoms with Crippen molar-refractivity contribution in [1.29, 1.82) is 0 Å². The molecule has 0 bridgehead atoms. The summed E-state index contributed by atoms with van der Waals surface area (Å²) < 4.78 is 5.26. The minimum absolute atomic E-state index is 0.0577. The Morgan fingerprint density at radius 1 is 1.10 bits per heavy atom. The molecular formula is C15H28N2O3. The standard InChI is InChI=1S/C15H28N2O3/c1-5-7-16(8-6-2)13(18)15(3,4)14(19)17-9-11-20-12-10-17/h5-12H2,1-4H3. The Balaban J connectivity index is 2.77. The Hall–Kier alpha value is -1.10. The molecular weight excluding hydrogens is 256 g/mol. The molecule has 0 radical (unpaired) electrons. The zero-order valence-corrected chi connectivity index (χ0v) is 13.3. The third-order valence-corrected chi connectivity index (χ3v) is 3.64. The number of rotatable bonds is 6. The van der Waals surface area contributed by atoms with Gasteiger partial charge in [0.2, 0.25) is 11.8 Å². The summed E-state index contributed by atoms with van der Waals surface area (Å²) in [6, 6.07) is 0. The van der Waals surface area contributed by atoms with E-state index in [1.165, 1.54) is 0 Å². The Labute approximate surface area is 122 Å². The van der Waals surface area contributed by atoms with Crippen molar-refractivity contribution in [2.75, 3.05) is 39.4 Å². The molecule has 1 aliphatic heterocycles. The summed E-state index contributed by atoms with van der Waals surface area (Å²) in [5.41, 5.74) is -0.984. The molecule has 1 heterocycles. The largest absolute Gasteiger partial charge is 0.378 e. The maximum absolute atomic E-state index is 12.7. The molecule has 0 atom stereocenters. The number of morpholine rings is 1. The molecule has 0 spiro atoms. The van der Waals surface area contributed by atoms with Crippen molar-refractivity contribution >= 4 is 11.8 Å². The van der Waals surface area contributed by atoms with E-state index < -0.39 is 5.41 Å². The van der Waals surface area contributed by atoms with E-state index in [0.717, 1.165) is 12.8 Å². The van der Waals surface area contributed by atoms with Crippen LogP contribution in [-0.4, -0.2) is 61.0 Å². The third kappa shape index (κ3) is 3.95. The predicted molar refractivity (Wildman–Crippen MR) is 78.3 cm³/mol. The van der Waals surface area contributed by atoms with Crippen molar-refractivity contribution in [1.82, 2.24) is 9.80 Å². The van der Waals surface area contributed by atoms with E-state index in [-0.39, 0.29) is 11.8 Å². The smallest absolute Gasteiger partial charge is 0.237 e. The minimum Gasteiger partial charge on any atom is -0.378 e. The van der Waals surface area contributed by atoms with Crippen LogP contribution in [0, 0.1) is 5.41 Å². The lowest BCUT2D eigenvalue weighted by Gasteiger charge is -2.36. The number of ether oxygens (including phenoxy) is 1. The average molecular weight is 284 g/mol. The van der Waals surface area contributed by atoms with E-state index in [9.17, 15) is 9.59 Å². The number of carbonyl (C=O) groups excluding carboxylic acids is 2. The first-order valence-electron chi connectivity index (χ1n) is 7.61. The maximum atomic E-state index is 12.7. The van der Waals surface area contributed by atoms with Gasteiger partial charge in [-0.05, 0) is 26.7 Å². The van der Waals surface area contributed by atoms with Crippen LogP contribution >= 0.6 is 0 Å². The van der Waals surface area contributed by atoms with Crippen LogP contribution in [0.25, 0.3) is 0 Å². The van der Waals surface area contributed by atoms with Crippen LogP contribution in [0.3, 0.4) is 0 Å². The second-order valence-electron chi connectivity index (χ2n) is 5.82. The van der Waals surface area contributed by atoms with Gasteiger partial charge in [-0.2, -0.15) is 0 Å². The van der Waals surface area contributed by atoms with Gasteiger partial charge in [0, 0.05) is 26.2 Å². The lowest BCUT2D eigenvalue weighted by atomic mass is 9.89. The Morgan fingerprint density at radius 3 is 2.05 bits per heavy atom. The van der Waals surface area contributed by atoms with E-state index in [0.29, 0.717) is 39.4 Å². The summed E-state index contributed by atoms with van der Waals surface area (Å²) >= 11 is 0. The van der Waals surface area contributed by atoms with Gasteiger partial charge in [-0.25, -0.2) is 0 Å². The van der Waals surface area contributed by atoms with Crippen LogP contribution in [0.15, 0.2) is 0 Å². The number of amides is 2. The quantitative estimate of drug-likeness (QED) is 0.695. The highest BCUT2D eigenvalue weighted by molar-refractivity contribution is 6.04. The molecule has 2 amide bonds. The Morgan fingerprint density at radius 2 is 1.60 bits per heavy atom. The molecule has 0 N–H and O–H groups in total. The summed E-state index contributed by atoms with van der Waals surface area (Å²) in [7, 11) is 0. The van der Waals surface area contributed by atoms with Crippen LogP contribution in [0.5, 0.6) is 0 Å². The molecule has 0 aliphatic carbocycles. The first-order valence-corrected chi connectivity index (χ1v) is 7.61. The second-order valence-corrected chi connectivity index (χ2v) is 5.82. The van der Waals surface area contributed by atoms with E-state index >= 15 is 0 Å². The molecule has 5 heteroatoms. The molecule has 5 nitrogen and oxygen atoms in total. The molecule has 1 fully saturated rings. The van der Waals surface area contributed by atoms with E-state index in [1.807, 2.05) is 18.7 Å². The van der Waals surface area contributed by atoms with Gasteiger partial charge < -0.3 is 14.5 Å². The SMILES string of the molecule is CCCN(CCC)C(=O)C(C)(C)C(=O)N1CCOCC1. The van der Waals surface area contributed by atoms with Crippen molar-refractivity contribution in [3.05, 3.63) is 0 Å². The molecule has 0 aromatic rings. The van der Waals surface area contributed by atoms with Crippen molar-refractivity contribution in [3.63, 3.8) is 0 Å². The van der Waals surface area contributed by atoms with E-state index in [1.54, 1.807) is 18.7 Å². The molecule has 0 unspecified atom stereocenters. The van der Waals surface area contributed by atoms with Crippen LogP contribution in [0.1, 0.15) is 40.5 Å². The fraction of sp³-hybridized carbons (Fsp3) is 0.867. The van der Waals surface area contributed by atoms with Crippen molar-refractivity contribution < 1.29 is 14.3 Å². The first-order chi connectivity index (χ1) is 9.45. The highest BCUT2D eigenvalue weighted by atomic mass is 16.5. The van der Waals surface area contributed by atoms with Crippen LogP contribution in [0.4, 0.5) is 0 Å². The summed E-state index contributed by atoms with van der Waals surface area (Å²) in [6.45, 7) is 11.3. The van der Waals surface area contributed by atoms with Gasteiger partial charge in [0.05, 0.1) is 13.2 Å². The van der Waals surface area contributed by atoms with Gasteiger partial charge >= 0.3 is 0 Å². The summed E-state index contributed by atoms with van der Waals surface area (Å²) in [5, 5.41) is 0. The summed E-state index contributed by atoms with van der Waals surface area (Å²) in [5.74, 6) is -0.138.